The van der Waals surface area contributed by atoms with Crippen molar-refractivity contribution in [1.82, 2.24) is 4.90 Å². The topological polar surface area (TPSA) is 36.9 Å². The number of thiocarbonyl (C=S) groups is 1. The van der Waals surface area contributed by atoms with Gasteiger partial charge in [0.15, 0.2) is 10.3 Å². The number of hydrogen-bond acceptors (Lipinski definition) is 4. The Labute approximate surface area is 168 Å². The molecule has 0 atom stereocenters. The van der Waals surface area contributed by atoms with Crippen molar-refractivity contribution in [2.45, 2.75) is 12.5 Å². The van der Waals surface area contributed by atoms with Crippen LogP contribution in [0, 0.1) is 0 Å². The van der Waals surface area contributed by atoms with Gasteiger partial charge in [0.2, 0.25) is 0 Å². The summed E-state index contributed by atoms with van der Waals surface area (Å²) in [7, 11) is 0. The molecule has 0 unspecified atom stereocenters. The van der Waals surface area contributed by atoms with Crippen LogP contribution in [0.4, 0.5) is 28.9 Å². The van der Waals surface area contributed by atoms with Crippen molar-refractivity contribution in [3.63, 3.8) is 0 Å². The van der Waals surface area contributed by atoms with Gasteiger partial charge < -0.3 is 10.1 Å². The first-order valence-corrected chi connectivity index (χ1v) is 9.54. The maximum atomic E-state index is 13.1. The summed E-state index contributed by atoms with van der Waals surface area (Å²) in [5, 5.41) is 3.93. The molecule has 10 heteroatoms. The monoisotopic (exact) mass is 429 g/mol. The average Bonchev–Trinajstić information content (AvgIpc) is 3.10. The van der Waals surface area contributed by atoms with Gasteiger partial charge in [0.1, 0.15) is 5.75 Å². The van der Waals surface area contributed by atoms with Gasteiger partial charge in [-0.1, -0.05) is 36.0 Å². The van der Waals surface area contributed by atoms with Crippen molar-refractivity contribution < 1.29 is 22.3 Å². The summed E-state index contributed by atoms with van der Waals surface area (Å²) in [4.78, 5) is 6.34. The summed E-state index contributed by atoms with van der Waals surface area (Å²) in [6.45, 7) is 0.627. The Morgan fingerprint density at radius 2 is 1.93 bits per heavy atom. The van der Waals surface area contributed by atoms with E-state index in [9.17, 15) is 17.6 Å². The van der Waals surface area contributed by atoms with Crippen LogP contribution in [-0.4, -0.2) is 40.0 Å². The van der Waals surface area contributed by atoms with Gasteiger partial charge >= 0.3 is 12.5 Å². The fourth-order valence-electron chi connectivity index (χ4n) is 2.33. The van der Waals surface area contributed by atoms with Gasteiger partial charge in [-0.2, -0.15) is 17.6 Å². The largest absolute Gasteiger partial charge is 0.461 e. The number of anilines is 1. The van der Waals surface area contributed by atoms with E-state index in [-0.39, 0.29) is 0 Å². The fourth-order valence-corrected chi connectivity index (χ4v) is 3.64. The summed E-state index contributed by atoms with van der Waals surface area (Å²) in [6.07, 6.45) is -8.50. The molecule has 0 aliphatic carbocycles. The zero-order valence-corrected chi connectivity index (χ0v) is 16.0. The maximum Gasteiger partial charge on any atom is 0.461 e. The lowest BCUT2D eigenvalue weighted by Gasteiger charge is -2.21. The van der Waals surface area contributed by atoms with Gasteiger partial charge in [-0.15, -0.1) is 0 Å². The van der Waals surface area contributed by atoms with Gasteiger partial charge in [-0.3, -0.25) is 4.90 Å². The third-order valence-electron chi connectivity index (χ3n) is 3.60. The van der Waals surface area contributed by atoms with Crippen LogP contribution in [0.5, 0.6) is 5.75 Å². The lowest BCUT2D eigenvalue weighted by Crippen LogP contribution is -2.35. The Morgan fingerprint density at radius 1 is 1.18 bits per heavy atom. The minimum atomic E-state index is -4.57. The van der Waals surface area contributed by atoms with Gasteiger partial charge in [0.05, 0.1) is 5.69 Å². The van der Waals surface area contributed by atoms with E-state index in [1.807, 2.05) is 30.3 Å². The number of alkyl halides is 4. The molecule has 0 bridgehead atoms. The Kier molecular flexibility index (Phi) is 6.40. The number of hydrogen-bond donors (Lipinski definition) is 1. The number of rotatable bonds is 5. The van der Waals surface area contributed by atoms with Crippen LogP contribution >= 0.6 is 24.0 Å². The quantitative estimate of drug-likeness (QED) is 0.512. The van der Waals surface area contributed by atoms with Crippen molar-refractivity contribution in [1.29, 1.82) is 0 Å². The molecule has 1 heterocycles. The van der Waals surface area contributed by atoms with E-state index in [4.69, 9.17) is 12.2 Å². The van der Waals surface area contributed by atoms with Crippen molar-refractivity contribution in [2.24, 2.45) is 4.99 Å². The number of para-hydroxylation sites is 1. The van der Waals surface area contributed by atoms with Crippen LogP contribution < -0.4 is 10.1 Å². The van der Waals surface area contributed by atoms with Crippen LogP contribution in [0.15, 0.2) is 59.6 Å². The smallest absolute Gasteiger partial charge is 0.428 e. The second-order valence-electron chi connectivity index (χ2n) is 5.65. The molecule has 1 N–H and O–H groups in total. The number of benzene rings is 2. The molecule has 0 amide bonds. The van der Waals surface area contributed by atoms with E-state index in [1.165, 1.54) is 30.0 Å². The summed E-state index contributed by atoms with van der Waals surface area (Å²) >= 11 is 6.93. The van der Waals surface area contributed by atoms with Gasteiger partial charge in [0.25, 0.3) is 0 Å². The highest BCUT2D eigenvalue weighted by atomic mass is 32.2. The minimum absolute atomic E-state index is 0.317. The number of nitrogens with zero attached hydrogens (tertiary/aromatic N) is 2. The van der Waals surface area contributed by atoms with Crippen LogP contribution in [0.25, 0.3) is 0 Å². The molecule has 1 aliphatic heterocycles. The van der Waals surface area contributed by atoms with E-state index in [0.717, 1.165) is 11.4 Å². The zero-order chi connectivity index (χ0) is 20.1. The second-order valence-corrected chi connectivity index (χ2v) is 7.10. The molecule has 0 radical (unpaired) electrons. The average molecular weight is 429 g/mol. The summed E-state index contributed by atoms with van der Waals surface area (Å²) < 4.78 is 54.9. The molecule has 28 heavy (non-hydrogen) atoms. The van der Waals surface area contributed by atoms with Gasteiger partial charge in [-0.05, 0) is 36.5 Å². The highest BCUT2D eigenvalue weighted by Crippen LogP contribution is 2.29. The second kappa shape index (κ2) is 8.78. The lowest BCUT2D eigenvalue weighted by molar-refractivity contribution is -0.253. The number of ether oxygens (including phenoxy) is 1. The predicted octanol–water partition coefficient (Wildman–Crippen LogP) is 5.36. The minimum Gasteiger partial charge on any atom is -0.428 e. The van der Waals surface area contributed by atoms with Crippen LogP contribution in [-0.2, 0) is 0 Å². The van der Waals surface area contributed by atoms with E-state index in [2.05, 4.69) is 15.0 Å². The van der Waals surface area contributed by atoms with Gasteiger partial charge in [0, 0.05) is 24.1 Å². The third-order valence-corrected chi connectivity index (χ3v) is 4.88. The number of amidine groups is 1. The van der Waals surface area contributed by atoms with E-state index < -0.39 is 18.3 Å². The Bertz CT molecular complexity index is 865. The molecule has 1 saturated heterocycles. The Balaban J connectivity index is 1.71. The number of aliphatic imine (C=N–C) groups is 1. The molecule has 4 nitrogen and oxygen atoms in total. The predicted molar refractivity (Wildman–Crippen MR) is 107 cm³/mol. The molecule has 148 valence electrons. The molecule has 2 aromatic carbocycles. The molecule has 0 saturated carbocycles. The normalized spacial score (nSPS) is 15.9. The van der Waals surface area contributed by atoms with Crippen molar-refractivity contribution in [3.8, 4) is 5.75 Å². The Hall–Kier alpha value is -2.33. The molecule has 1 fully saturated rings. The maximum absolute atomic E-state index is 13.1. The molecule has 2 aromatic rings. The van der Waals surface area contributed by atoms with Crippen LogP contribution in [0.1, 0.15) is 0 Å². The number of halogens is 4. The van der Waals surface area contributed by atoms with E-state index in [1.54, 1.807) is 11.0 Å². The first-order valence-electron chi connectivity index (χ1n) is 8.15. The van der Waals surface area contributed by atoms with Crippen LogP contribution in [0.3, 0.4) is 0 Å². The molecule has 0 spiro atoms. The lowest BCUT2D eigenvalue weighted by atomic mass is 10.3. The first kappa shape index (κ1) is 20.4. The number of thioether (sulfide) groups is 1. The zero-order valence-electron chi connectivity index (χ0n) is 14.3. The first-order chi connectivity index (χ1) is 13.3. The number of nitrogens with one attached hydrogen (secondary N) is 1. The molecule has 0 aromatic heterocycles. The molecule has 3 rings (SSSR count). The summed E-state index contributed by atoms with van der Waals surface area (Å²) in [5.74, 6) is 0.393. The van der Waals surface area contributed by atoms with Crippen molar-refractivity contribution in [2.75, 3.05) is 17.6 Å². The van der Waals surface area contributed by atoms with Crippen molar-refractivity contribution in [3.05, 3.63) is 54.6 Å². The third kappa shape index (κ3) is 5.14. The molecule has 1 aliphatic rings. The van der Waals surface area contributed by atoms with Crippen LogP contribution in [0.2, 0.25) is 0 Å². The van der Waals surface area contributed by atoms with E-state index >= 15 is 0 Å². The highest BCUT2D eigenvalue weighted by Gasteiger charge is 2.44. The highest BCUT2D eigenvalue weighted by molar-refractivity contribution is 8.14. The SMILES string of the molecule is FC(F)C(F)(F)Oc1cccc(NC(=S)N2CCS/C2=N/c2ccccc2)c1. The molecular formula is C18H15F4N3OS2. The fraction of sp³-hybridized carbons (Fsp3) is 0.222. The Morgan fingerprint density at radius 3 is 2.64 bits per heavy atom. The standard InChI is InChI=1S/C18H15F4N3OS2/c19-15(20)18(21,22)26-14-8-4-7-13(11-14)23-16(27)25-9-10-28-17(25)24-12-5-2-1-3-6-12/h1-8,11,15H,9-10H2,(H,23,27)/b24-17+. The van der Waals surface area contributed by atoms with E-state index in [0.29, 0.717) is 22.5 Å². The summed E-state index contributed by atoms with van der Waals surface area (Å²) in [6, 6.07) is 14.7. The molecular weight excluding hydrogens is 414 g/mol. The summed E-state index contributed by atoms with van der Waals surface area (Å²) in [5.41, 5.74) is 1.12. The van der Waals surface area contributed by atoms with Gasteiger partial charge in [-0.25, -0.2) is 4.99 Å². The van der Waals surface area contributed by atoms with Crippen molar-refractivity contribution >= 4 is 45.6 Å².